The Labute approximate surface area is 138 Å². The summed E-state index contributed by atoms with van der Waals surface area (Å²) in [5.74, 6) is 0.478. The molecule has 1 aliphatic carbocycles. The molecule has 23 heavy (non-hydrogen) atoms. The predicted molar refractivity (Wildman–Crippen MR) is 86.8 cm³/mol. The molecule has 1 fully saturated rings. The van der Waals surface area contributed by atoms with Crippen LogP contribution in [0.3, 0.4) is 0 Å². The summed E-state index contributed by atoms with van der Waals surface area (Å²) in [5.41, 5.74) is 2.00. The summed E-state index contributed by atoms with van der Waals surface area (Å²) >= 11 is 1.41. The van der Waals surface area contributed by atoms with Gasteiger partial charge < -0.3 is 9.47 Å². The van der Waals surface area contributed by atoms with Gasteiger partial charge in [-0.3, -0.25) is 4.79 Å². The summed E-state index contributed by atoms with van der Waals surface area (Å²) in [6, 6.07) is 9.63. The quantitative estimate of drug-likeness (QED) is 0.783. The lowest BCUT2D eigenvalue weighted by Gasteiger charge is -2.20. The van der Waals surface area contributed by atoms with Gasteiger partial charge in [0.25, 0.3) is 0 Å². The zero-order valence-corrected chi connectivity index (χ0v) is 13.4. The number of benzene rings is 1. The molecular formula is C18H16O4S. The van der Waals surface area contributed by atoms with Crippen molar-refractivity contribution in [3.63, 3.8) is 0 Å². The summed E-state index contributed by atoms with van der Waals surface area (Å²) < 4.78 is 11.1. The molecule has 1 aromatic carbocycles. The fraction of sp³-hybridized carbons (Fsp3) is 0.333. The number of rotatable bonds is 2. The highest BCUT2D eigenvalue weighted by atomic mass is 32.1. The maximum Gasteiger partial charge on any atom is 0.349 e. The van der Waals surface area contributed by atoms with Crippen LogP contribution in [0.25, 0.3) is 10.4 Å². The van der Waals surface area contributed by atoms with E-state index in [1.54, 1.807) is 0 Å². The van der Waals surface area contributed by atoms with Gasteiger partial charge in [-0.05, 0) is 37.5 Å². The molecule has 1 saturated carbocycles. The van der Waals surface area contributed by atoms with E-state index in [0.29, 0.717) is 24.3 Å². The maximum atomic E-state index is 12.4. The lowest BCUT2D eigenvalue weighted by Crippen LogP contribution is -2.29. The zero-order chi connectivity index (χ0) is 15.8. The molecule has 4 nitrogen and oxygen atoms in total. The van der Waals surface area contributed by atoms with E-state index in [4.69, 9.17) is 9.47 Å². The summed E-state index contributed by atoms with van der Waals surface area (Å²) in [7, 11) is 0. The Kier molecular flexibility index (Phi) is 3.65. The van der Waals surface area contributed by atoms with Crippen molar-refractivity contribution in [3.05, 3.63) is 40.8 Å². The molecule has 2 heterocycles. The van der Waals surface area contributed by atoms with Gasteiger partial charge in [-0.15, -0.1) is 11.3 Å². The van der Waals surface area contributed by atoms with E-state index in [-0.39, 0.29) is 5.78 Å². The molecule has 0 spiro atoms. The number of Topliss-reactive ketones (excluding diaryl/α,β-unsaturated/α-hetero) is 1. The number of fused-ring (bicyclic) bond motifs is 3. The molecule has 118 valence electrons. The minimum absolute atomic E-state index is 0.0413. The SMILES string of the molecule is O=C(O[C@H]1CCCCC1=O)c1cc2c(s1)-c1ccccc1OC2. The topological polar surface area (TPSA) is 52.6 Å². The first kappa shape index (κ1) is 14.5. The molecule has 1 atom stereocenters. The molecule has 0 bridgehead atoms. The Hall–Kier alpha value is -2.14. The molecular weight excluding hydrogens is 312 g/mol. The number of thiophene rings is 1. The normalized spacial score (nSPS) is 19.5. The fourth-order valence-electron chi connectivity index (χ4n) is 3.06. The largest absolute Gasteiger partial charge is 0.488 e. The fourth-order valence-corrected chi connectivity index (χ4v) is 4.14. The molecule has 2 aromatic rings. The predicted octanol–water partition coefficient (Wildman–Crippen LogP) is 3.98. The number of hydrogen-bond donors (Lipinski definition) is 0. The van der Waals surface area contributed by atoms with Gasteiger partial charge in [0.05, 0.1) is 0 Å². The Morgan fingerprint density at radius 1 is 1.26 bits per heavy atom. The molecule has 0 saturated heterocycles. The van der Waals surface area contributed by atoms with Gasteiger partial charge >= 0.3 is 5.97 Å². The van der Waals surface area contributed by atoms with Crippen LogP contribution in [-0.4, -0.2) is 17.9 Å². The van der Waals surface area contributed by atoms with E-state index in [1.165, 1.54) is 11.3 Å². The van der Waals surface area contributed by atoms with Crippen LogP contribution in [0.2, 0.25) is 0 Å². The van der Waals surface area contributed by atoms with Gasteiger partial charge in [-0.25, -0.2) is 4.79 Å². The smallest absolute Gasteiger partial charge is 0.349 e. The van der Waals surface area contributed by atoms with Gasteiger partial charge in [-0.1, -0.05) is 12.1 Å². The summed E-state index contributed by atoms with van der Waals surface area (Å²) in [6.45, 7) is 0.457. The molecule has 5 heteroatoms. The Bertz CT molecular complexity index is 777. The first-order valence-electron chi connectivity index (χ1n) is 7.81. The van der Waals surface area contributed by atoms with Crippen molar-refractivity contribution < 1.29 is 19.1 Å². The standard InChI is InChI=1S/C18H16O4S/c19-13-6-2-4-8-15(13)22-18(20)16-9-11-10-21-14-7-3-1-5-12(14)17(11)23-16/h1,3,5,7,9,15H,2,4,6,8,10H2/t15-/m0/s1. The molecule has 0 radical (unpaired) electrons. The highest BCUT2D eigenvalue weighted by Gasteiger charge is 2.28. The van der Waals surface area contributed by atoms with Crippen LogP contribution in [-0.2, 0) is 16.1 Å². The van der Waals surface area contributed by atoms with Gasteiger partial charge in [0.1, 0.15) is 17.2 Å². The molecule has 0 N–H and O–H groups in total. The van der Waals surface area contributed by atoms with Crippen LogP contribution in [0.1, 0.15) is 40.9 Å². The molecule has 1 aliphatic heterocycles. The summed E-state index contributed by atoms with van der Waals surface area (Å²) in [5, 5.41) is 0. The lowest BCUT2D eigenvalue weighted by molar-refractivity contribution is -0.129. The van der Waals surface area contributed by atoms with Gasteiger partial charge in [0, 0.05) is 22.4 Å². The third-order valence-corrected chi connectivity index (χ3v) is 5.46. The number of carbonyl (C=O) groups is 2. The highest BCUT2D eigenvalue weighted by Crippen LogP contribution is 2.42. The number of esters is 1. The van der Waals surface area contributed by atoms with Crippen molar-refractivity contribution in [1.82, 2.24) is 0 Å². The maximum absolute atomic E-state index is 12.4. The van der Waals surface area contributed by atoms with Crippen LogP contribution in [0, 0.1) is 0 Å². The summed E-state index contributed by atoms with van der Waals surface area (Å²) in [6.07, 6.45) is 2.42. The minimum atomic E-state index is -0.570. The van der Waals surface area contributed by atoms with Crippen LogP contribution in [0.15, 0.2) is 30.3 Å². The molecule has 0 unspecified atom stereocenters. The van der Waals surface area contributed by atoms with Crippen molar-refractivity contribution in [2.24, 2.45) is 0 Å². The number of ketones is 1. The van der Waals surface area contributed by atoms with E-state index in [1.807, 2.05) is 30.3 Å². The first-order chi connectivity index (χ1) is 11.2. The molecule has 1 aromatic heterocycles. The first-order valence-corrected chi connectivity index (χ1v) is 8.62. The van der Waals surface area contributed by atoms with E-state index in [9.17, 15) is 9.59 Å². The van der Waals surface area contributed by atoms with Crippen molar-refractivity contribution in [2.75, 3.05) is 0 Å². The van der Waals surface area contributed by atoms with Crippen LogP contribution < -0.4 is 4.74 Å². The van der Waals surface area contributed by atoms with E-state index in [0.717, 1.165) is 34.6 Å². The number of carbonyl (C=O) groups excluding carboxylic acids is 2. The van der Waals surface area contributed by atoms with E-state index >= 15 is 0 Å². The van der Waals surface area contributed by atoms with Gasteiger partial charge in [0.15, 0.2) is 11.9 Å². The van der Waals surface area contributed by atoms with Crippen molar-refractivity contribution >= 4 is 23.1 Å². The average Bonchev–Trinajstić information content (AvgIpc) is 3.02. The second kappa shape index (κ2) is 5.81. The van der Waals surface area contributed by atoms with Crippen molar-refractivity contribution in [3.8, 4) is 16.2 Å². The number of para-hydroxylation sites is 1. The molecule has 0 amide bonds. The van der Waals surface area contributed by atoms with Crippen LogP contribution in [0.5, 0.6) is 5.75 Å². The molecule has 4 rings (SSSR count). The Balaban J connectivity index is 1.58. The van der Waals surface area contributed by atoms with Crippen LogP contribution >= 0.6 is 11.3 Å². The minimum Gasteiger partial charge on any atom is -0.488 e. The number of hydrogen-bond acceptors (Lipinski definition) is 5. The Morgan fingerprint density at radius 2 is 2.13 bits per heavy atom. The second-order valence-electron chi connectivity index (χ2n) is 5.86. The summed E-state index contributed by atoms with van der Waals surface area (Å²) in [4.78, 5) is 25.8. The van der Waals surface area contributed by atoms with Crippen molar-refractivity contribution in [1.29, 1.82) is 0 Å². The zero-order valence-electron chi connectivity index (χ0n) is 12.5. The van der Waals surface area contributed by atoms with E-state index in [2.05, 4.69) is 0 Å². The highest BCUT2D eigenvalue weighted by molar-refractivity contribution is 7.17. The average molecular weight is 328 g/mol. The second-order valence-corrected chi connectivity index (χ2v) is 6.91. The third-order valence-electron chi connectivity index (χ3n) is 4.27. The van der Waals surface area contributed by atoms with Crippen molar-refractivity contribution in [2.45, 2.75) is 38.4 Å². The van der Waals surface area contributed by atoms with Gasteiger partial charge in [-0.2, -0.15) is 0 Å². The molecule has 2 aliphatic rings. The number of ether oxygens (including phenoxy) is 2. The van der Waals surface area contributed by atoms with Crippen LogP contribution in [0.4, 0.5) is 0 Å². The third kappa shape index (κ3) is 2.65. The monoisotopic (exact) mass is 328 g/mol. The van der Waals surface area contributed by atoms with E-state index < -0.39 is 12.1 Å². The Morgan fingerprint density at radius 3 is 3.00 bits per heavy atom. The van der Waals surface area contributed by atoms with Gasteiger partial charge in [0.2, 0.25) is 0 Å². The lowest BCUT2D eigenvalue weighted by atomic mass is 9.96.